The Bertz CT molecular complexity index is 395. The van der Waals surface area contributed by atoms with Crippen molar-refractivity contribution in [2.75, 3.05) is 18.0 Å². The molecule has 6 heteroatoms. The maximum atomic E-state index is 7.26. The van der Waals surface area contributed by atoms with Crippen LogP contribution >= 0.6 is 0 Å². The maximum absolute atomic E-state index is 7.26. The summed E-state index contributed by atoms with van der Waals surface area (Å²) in [5, 5.41) is 7.26. The standard InChI is InChI=1S/C11H17N5O/c1-7-5-16(6-8(2)17-7)10-4-14-9(3-15-10)11(12)13/h3-4,7-8H,5-6H2,1-2H3,(H3,12,13). The largest absolute Gasteiger partial charge is 0.382 e. The highest BCUT2D eigenvalue weighted by Crippen LogP contribution is 2.17. The van der Waals surface area contributed by atoms with Crippen LogP contribution in [0.3, 0.4) is 0 Å². The highest BCUT2D eigenvalue weighted by atomic mass is 16.5. The van der Waals surface area contributed by atoms with Crippen LogP contribution in [0.5, 0.6) is 0 Å². The number of hydrogen-bond acceptors (Lipinski definition) is 5. The first-order valence-electron chi connectivity index (χ1n) is 5.63. The van der Waals surface area contributed by atoms with Crippen LogP contribution in [0.4, 0.5) is 5.82 Å². The molecule has 0 bridgehead atoms. The molecule has 2 unspecified atom stereocenters. The number of amidine groups is 1. The van der Waals surface area contributed by atoms with E-state index in [2.05, 4.69) is 14.9 Å². The summed E-state index contributed by atoms with van der Waals surface area (Å²) in [6.07, 6.45) is 3.56. The molecule has 1 aromatic rings. The molecule has 1 aromatic heterocycles. The molecule has 0 saturated carbocycles. The second-order valence-electron chi connectivity index (χ2n) is 4.34. The number of nitrogen functional groups attached to an aromatic ring is 1. The minimum atomic E-state index is -0.0623. The van der Waals surface area contributed by atoms with Gasteiger partial charge in [-0.25, -0.2) is 9.97 Å². The molecule has 0 radical (unpaired) electrons. The van der Waals surface area contributed by atoms with Crippen LogP contribution < -0.4 is 10.6 Å². The number of anilines is 1. The highest BCUT2D eigenvalue weighted by Gasteiger charge is 2.23. The second-order valence-corrected chi connectivity index (χ2v) is 4.34. The van der Waals surface area contributed by atoms with Crippen molar-refractivity contribution in [1.82, 2.24) is 9.97 Å². The molecule has 0 spiro atoms. The predicted octanol–water partition coefficient (Wildman–Crippen LogP) is 0.374. The van der Waals surface area contributed by atoms with Gasteiger partial charge in [-0.2, -0.15) is 0 Å². The summed E-state index contributed by atoms with van der Waals surface area (Å²) < 4.78 is 5.66. The van der Waals surface area contributed by atoms with Gasteiger partial charge in [0.1, 0.15) is 17.3 Å². The smallest absolute Gasteiger partial charge is 0.147 e. The Morgan fingerprint density at radius 3 is 2.47 bits per heavy atom. The first kappa shape index (κ1) is 11.8. The first-order valence-corrected chi connectivity index (χ1v) is 5.63. The summed E-state index contributed by atoms with van der Waals surface area (Å²) in [7, 11) is 0. The number of nitrogens with one attached hydrogen (secondary N) is 1. The number of hydrogen-bond donors (Lipinski definition) is 2. The topological polar surface area (TPSA) is 88.1 Å². The van der Waals surface area contributed by atoms with Crippen molar-refractivity contribution in [3.8, 4) is 0 Å². The van der Waals surface area contributed by atoms with Crippen molar-refractivity contribution >= 4 is 11.7 Å². The van der Waals surface area contributed by atoms with Crippen molar-refractivity contribution in [3.05, 3.63) is 18.1 Å². The van der Waals surface area contributed by atoms with Crippen molar-refractivity contribution in [3.63, 3.8) is 0 Å². The molecule has 2 rings (SSSR count). The van der Waals surface area contributed by atoms with Gasteiger partial charge in [0.25, 0.3) is 0 Å². The van der Waals surface area contributed by atoms with E-state index in [9.17, 15) is 0 Å². The second kappa shape index (κ2) is 4.67. The van der Waals surface area contributed by atoms with Crippen molar-refractivity contribution in [1.29, 1.82) is 5.41 Å². The summed E-state index contributed by atoms with van der Waals surface area (Å²) in [5.41, 5.74) is 5.74. The van der Waals surface area contributed by atoms with Gasteiger partial charge in [0.05, 0.1) is 24.6 Å². The average Bonchev–Trinajstić information content (AvgIpc) is 2.28. The summed E-state index contributed by atoms with van der Waals surface area (Å²) in [6.45, 7) is 5.69. The van der Waals surface area contributed by atoms with Gasteiger partial charge in [0, 0.05) is 13.1 Å². The minimum absolute atomic E-state index is 0.0623. The molecule has 1 saturated heterocycles. The summed E-state index contributed by atoms with van der Waals surface area (Å²) in [4.78, 5) is 10.5. The zero-order chi connectivity index (χ0) is 12.4. The number of aromatic nitrogens is 2. The monoisotopic (exact) mass is 235 g/mol. The molecule has 92 valence electrons. The molecule has 3 N–H and O–H groups in total. The quantitative estimate of drug-likeness (QED) is 0.571. The van der Waals surface area contributed by atoms with Gasteiger partial charge in [-0.1, -0.05) is 0 Å². The molecule has 1 fully saturated rings. The van der Waals surface area contributed by atoms with E-state index < -0.39 is 0 Å². The molecular formula is C11H17N5O. The number of nitrogens with zero attached hydrogens (tertiary/aromatic N) is 3. The Labute approximate surface area is 100 Å². The third-order valence-corrected chi connectivity index (χ3v) is 2.66. The molecule has 0 amide bonds. The Balaban J connectivity index is 2.14. The van der Waals surface area contributed by atoms with Crippen LogP contribution in [-0.2, 0) is 4.74 Å². The van der Waals surface area contributed by atoms with Crippen molar-refractivity contribution in [2.24, 2.45) is 5.73 Å². The van der Waals surface area contributed by atoms with Crippen molar-refractivity contribution < 1.29 is 4.74 Å². The van der Waals surface area contributed by atoms with Gasteiger partial charge in [0.15, 0.2) is 0 Å². The lowest BCUT2D eigenvalue weighted by Crippen LogP contribution is -2.45. The van der Waals surface area contributed by atoms with E-state index in [-0.39, 0.29) is 18.0 Å². The lowest BCUT2D eigenvalue weighted by atomic mass is 10.2. The van der Waals surface area contributed by atoms with Gasteiger partial charge in [-0.3, -0.25) is 5.41 Å². The summed E-state index contributed by atoms with van der Waals surface area (Å²) >= 11 is 0. The van der Waals surface area contributed by atoms with Crippen LogP contribution in [0.1, 0.15) is 19.5 Å². The molecule has 6 nitrogen and oxygen atoms in total. The van der Waals surface area contributed by atoms with E-state index in [1.54, 1.807) is 6.20 Å². The molecule has 2 heterocycles. The summed E-state index contributed by atoms with van der Waals surface area (Å²) in [5.74, 6) is 0.741. The first-order chi connectivity index (χ1) is 8.06. The van der Waals surface area contributed by atoms with E-state index in [4.69, 9.17) is 15.9 Å². The van der Waals surface area contributed by atoms with Gasteiger partial charge >= 0.3 is 0 Å². The van der Waals surface area contributed by atoms with Crippen LogP contribution in [-0.4, -0.2) is 41.1 Å². The zero-order valence-corrected chi connectivity index (χ0v) is 10.1. The fraction of sp³-hybridized carbons (Fsp3) is 0.545. The number of rotatable bonds is 2. The van der Waals surface area contributed by atoms with E-state index in [0.717, 1.165) is 18.9 Å². The average molecular weight is 235 g/mol. The van der Waals surface area contributed by atoms with Gasteiger partial charge < -0.3 is 15.4 Å². The van der Waals surface area contributed by atoms with Crippen molar-refractivity contribution in [2.45, 2.75) is 26.1 Å². The third-order valence-electron chi connectivity index (χ3n) is 2.66. The Morgan fingerprint density at radius 1 is 1.35 bits per heavy atom. The number of nitrogens with two attached hydrogens (primary N) is 1. The van der Waals surface area contributed by atoms with E-state index in [0.29, 0.717) is 5.69 Å². The van der Waals surface area contributed by atoms with Crippen LogP contribution in [0.2, 0.25) is 0 Å². The number of ether oxygens (including phenoxy) is 1. The van der Waals surface area contributed by atoms with Crippen LogP contribution in [0.25, 0.3) is 0 Å². The van der Waals surface area contributed by atoms with E-state index in [1.165, 1.54) is 6.20 Å². The lowest BCUT2D eigenvalue weighted by molar-refractivity contribution is -0.00547. The molecular weight excluding hydrogens is 218 g/mol. The van der Waals surface area contributed by atoms with Crippen LogP contribution in [0, 0.1) is 5.41 Å². The Kier molecular flexibility index (Phi) is 3.23. The van der Waals surface area contributed by atoms with Gasteiger partial charge in [0.2, 0.25) is 0 Å². The molecule has 0 aliphatic carbocycles. The molecule has 17 heavy (non-hydrogen) atoms. The minimum Gasteiger partial charge on any atom is -0.382 e. The van der Waals surface area contributed by atoms with E-state index >= 15 is 0 Å². The maximum Gasteiger partial charge on any atom is 0.147 e. The SMILES string of the molecule is CC1CN(c2cnc(C(=N)N)cn2)CC(C)O1. The third kappa shape index (κ3) is 2.71. The number of morpholine rings is 1. The highest BCUT2D eigenvalue weighted by molar-refractivity contribution is 5.92. The van der Waals surface area contributed by atoms with Crippen LogP contribution in [0.15, 0.2) is 12.4 Å². The molecule has 1 aliphatic rings. The zero-order valence-electron chi connectivity index (χ0n) is 10.1. The predicted molar refractivity (Wildman–Crippen MR) is 65.3 cm³/mol. The van der Waals surface area contributed by atoms with Gasteiger partial charge in [-0.05, 0) is 13.8 Å². The summed E-state index contributed by atoms with van der Waals surface area (Å²) in [6, 6.07) is 0. The fourth-order valence-electron chi connectivity index (χ4n) is 1.99. The van der Waals surface area contributed by atoms with E-state index in [1.807, 2.05) is 13.8 Å². The molecule has 1 aliphatic heterocycles. The Morgan fingerprint density at radius 2 is 2.00 bits per heavy atom. The molecule has 2 atom stereocenters. The van der Waals surface area contributed by atoms with Gasteiger partial charge in [-0.15, -0.1) is 0 Å². The molecule has 0 aromatic carbocycles. The normalized spacial score (nSPS) is 24.7. The lowest BCUT2D eigenvalue weighted by Gasteiger charge is -2.35. The Hall–Kier alpha value is -1.69. The fourth-order valence-corrected chi connectivity index (χ4v) is 1.99.